The molecule has 4 nitrogen and oxygen atoms in total. The van der Waals surface area contributed by atoms with Crippen LogP contribution in [0.1, 0.15) is 24.6 Å². The van der Waals surface area contributed by atoms with E-state index in [1.54, 1.807) is 0 Å². The predicted octanol–water partition coefficient (Wildman–Crippen LogP) is 3.06. The number of hydrogen-bond donors (Lipinski definition) is 0. The molecular formula is C14H18BrN3O. The van der Waals surface area contributed by atoms with Gasteiger partial charge < -0.3 is 14.0 Å². The van der Waals surface area contributed by atoms with E-state index in [2.05, 4.69) is 57.7 Å². The molecule has 2 aromatic rings. The van der Waals surface area contributed by atoms with Crippen LogP contribution in [0.2, 0.25) is 0 Å². The Labute approximate surface area is 121 Å². The van der Waals surface area contributed by atoms with Gasteiger partial charge in [-0.15, -0.1) is 0 Å². The third-order valence-electron chi connectivity index (χ3n) is 3.71. The van der Waals surface area contributed by atoms with Crippen LogP contribution in [-0.4, -0.2) is 36.7 Å². The van der Waals surface area contributed by atoms with Crippen LogP contribution in [0.5, 0.6) is 0 Å². The van der Waals surface area contributed by atoms with E-state index in [-0.39, 0.29) is 0 Å². The lowest BCUT2D eigenvalue weighted by molar-refractivity contribution is 0.0835. The molecule has 5 heteroatoms. The van der Waals surface area contributed by atoms with Crippen LogP contribution in [0, 0.1) is 0 Å². The molecule has 1 fully saturated rings. The van der Waals surface area contributed by atoms with Gasteiger partial charge in [0.15, 0.2) is 0 Å². The van der Waals surface area contributed by atoms with Gasteiger partial charge >= 0.3 is 0 Å². The standard InChI is InChI=1S/C14H18BrN3O/c1-17(2)11-3-4-12-13(15)16-14(18(12)9-11)10-5-7-19-8-6-10/h3-4,9-10H,5-8H2,1-2H3. The molecule has 102 valence electrons. The Hall–Kier alpha value is -1.07. The molecule has 0 saturated carbocycles. The fourth-order valence-corrected chi connectivity index (χ4v) is 3.07. The first-order valence-electron chi connectivity index (χ1n) is 6.59. The van der Waals surface area contributed by atoms with Gasteiger partial charge in [-0.2, -0.15) is 0 Å². The maximum atomic E-state index is 5.45. The van der Waals surface area contributed by atoms with Crippen molar-refractivity contribution >= 4 is 27.1 Å². The number of hydrogen-bond acceptors (Lipinski definition) is 3. The lowest BCUT2D eigenvalue weighted by atomic mass is 9.99. The van der Waals surface area contributed by atoms with Gasteiger partial charge in [0.25, 0.3) is 0 Å². The topological polar surface area (TPSA) is 29.8 Å². The highest BCUT2D eigenvalue weighted by atomic mass is 79.9. The molecule has 1 aliphatic heterocycles. The molecule has 0 amide bonds. The van der Waals surface area contributed by atoms with E-state index in [1.165, 1.54) is 5.69 Å². The zero-order valence-corrected chi connectivity index (χ0v) is 12.9. The highest BCUT2D eigenvalue weighted by molar-refractivity contribution is 9.10. The second-order valence-corrected chi connectivity index (χ2v) is 5.94. The van der Waals surface area contributed by atoms with Crippen LogP contribution in [0.3, 0.4) is 0 Å². The van der Waals surface area contributed by atoms with E-state index in [0.717, 1.165) is 42.0 Å². The summed E-state index contributed by atoms with van der Waals surface area (Å²) in [5, 5.41) is 0. The Bertz CT molecular complexity index is 588. The largest absolute Gasteiger partial charge is 0.381 e. The summed E-state index contributed by atoms with van der Waals surface area (Å²) >= 11 is 3.57. The van der Waals surface area contributed by atoms with Crippen LogP contribution < -0.4 is 4.90 Å². The van der Waals surface area contributed by atoms with Crippen LogP contribution >= 0.6 is 15.9 Å². The SMILES string of the molecule is CN(C)c1ccc2c(Br)nc(C3CCOCC3)n2c1. The highest BCUT2D eigenvalue weighted by Crippen LogP contribution is 2.31. The zero-order valence-electron chi connectivity index (χ0n) is 11.3. The molecule has 0 aliphatic carbocycles. The molecule has 0 aromatic carbocycles. The van der Waals surface area contributed by atoms with Gasteiger partial charge in [0, 0.05) is 39.4 Å². The van der Waals surface area contributed by atoms with Gasteiger partial charge in [-0.3, -0.25) is 0 Å². The van der Waals surface area contributed by atoms with Crippen molar-refractivity contribution in [1.29, 1.82) is 0 Å². The minimum absolute atomic E-state index is 0.491. The summed E-state index contributed by atoms with van der Waals surface area (Å²) in [6.45, 7) is 1.68. The van der Waals surface area contributed by atoms with Crippen molar-refractivity contribution in [2.75, 3.05) is 32.2 Å². The van der Waals surface area contributed by atoms with Gasteiger partial charge in [0.05, 0.1) is 11.2 Å². The maximum Gasteiger partial charge on any atom is 0.132 e. The zero-order chi connectivity index (χ0) is 13.4. The number of aromatic nitrogens is 2. The number of anilines is 1. The first kappa shape index (κ1) is 12.9. The number of fused-ring (bicyclic) bond motifs is 1. The molecule has 0 unspecified atom stereocenters. The molecule has 0 radical (unpaired) electrons. The van der Waals surface area contributed by atoms with E-state index < -0.39 is 0 Å². The average molecular weight is 324 g/mol. The Morgan fingerprint density at radius 1 is 1.32 bits per heavy atom. The summed E-state index contributed by atoms with van der Waals surface area (Å²) < 4.78 is 8.59. The molecule has 0 N–H and O–H groups in total. The Morgan fingerprint density at radius 3 is 2.74 bits per heavy atom. The number of imidazole rings is 1. The minimum atomic E-state index is 0.491. The Kier molecular flexibility index (Phi) is 3.50. The molecule has 1 saturated heterocycles. The third kappa shape index (κ3) is 2.37. The summed E-state index contributed by atoms with van der Waals surface area (Å²) in [7, 11) is 4.11. The third-order valence-corrected chi connectivity index (χ3v) is 4.29. The van der Waals surface area contributed by atoms with Gasteiger partial charge in [0.1, 0.15) is 10.4 Å². The molecule has 0 bridgehead atoms. The van der Waals surface area contributed by atoms with Crippen molar-refractivity contribution in [2.45, 2.75) is 18.8 Å². The molecule has 0 spiro atoms. The summed E-state index contributed by atoms with van der Waals surface area (Å²) in [6, 6.07) is 4.24. The van der Waals surface area contributed by atoms with Crippen molar-refractivity contribution in [2.24, 2.45) is 0 Å². The van der Waals surface area contributed by atoms with Crippen LogP contribution in [0.25, 0.3) is 5.52 Å². The van der Waals surface area contributed by atoms with Crippen LogP contribution in [0.15, 0.2) is 22.9 Å². The lowest BCUT2D eigenvalue weighted by Gasteiger charge is -2.21. The summed E-state index contributed by atoms with van der Waals surface area (Å²) in [5.41, 5.74) is 2.32. The Balaban J connectivity index is 2.09. The van der Waals surface area contributed by atoms with Gasteiger partial charge in [-0.1, -0.05) is 0 Å². The smallest absolute Gasteiger partial charge is 0.132 e. The first-order chi connectivity index (χ1) is 9.16. The predicted molar refractivity (Wildman–Crippen MR) is 80.0 cm³/mol. The van der Waals surface area contributed by atoms with Gasteiger partial charge in [-0.25, -0.2) is 4.98 Å². The van der Waals surface area contributed by atoms with E-state index >= 15 is 0 Å². The van der Waals surface area contributed by atoms with Crippen molar-refractivity contribution in [3.8, 4) is 0 Å². The van der Waals surface area contributed by atoms with Gasteiger partial charge in [0.2, 0.25) is 0 Å². The van der Waals surface area contributed by atoms with E-state index in [1.807, 2.05) is 0 Å². The molecule has 3 rings (SSSR count). The summed E-state index contributed by atoms with van der Waals surface area (Å²) in [4.78, 5) is 6.83. The molecule has 19 heavy (non-hydrogen) atoms. The normalized spacial score (nSPS) is 17.0. The van der Waals surface area contributed by atoms with Crippen LogP contribution in [0.4, 0.5) is 5.69 Å². The second-order valence-electron chi connectivity index (χ2n) is 5.18. The average Bonchev–Trinajstić information content (AvgIpc) is 2.77. The van der Waals surface area contributed by atoms with Gasteiger partial charge in [-0.05, 0) is 40.9 Å². The number of nitrogens with zero attached hydrogens (tertiary/aromatic N) is 3. The molecule has 0 atom stereocenters. The van der Waals surface area contributed by atoms with E-state index in [4.69, 9.17) is 9.72 Å². The van der Waals surface area contributed by atoms with Crippen molar-refractivity contribution in [3.05, 3.63) is 28.8 Å². The fraction of sp³-hybridized carbons (Fsp3) is 0.500. The second kappa shape index (κ2) is 5.13. The Morgan fingerprint density at radius 2 is 2.05 bits per heavy atom. The fourth-order valence-electron chi connectivity index (χ4n) is 2.57. The van der Waals surface area contributed by atoms with Crippen molar-refractivity contribution < 1.29 is 4.74 Å². The molecule has 3 heterocycles. The highest BCUT2D eigenvalue weighted by Gasteiger charge is 2.22. The van der Waals surface area contributed by atoms with Crippen molar-refractivity contribution in [3.63, 3.8) is 0 Å². The number of rotatable bonds is 2. The first-order valence-corrected chi connectivity index (χ1v) is 7.38. The molecular weight excluding hydrogens is 306 g/mol. The summed E-state index contributed by atoms with van der Waals surface area (Å²) in [5.74, 6) is 1.64. The molecule has 2 aromatic heterocycles. The van der Waals surface area contributed by atoms with E-state index in [9.17, 15) is 0 Å². The van der Waals surface area contributed by atoms with E-state index in [0.29, 0.717) is 5.92 Å². The monoisotopic (exact) mass is 323 g/mol. The summed E-state index contributed by atoms with van der Waals surface area (Å²) in [6.07, 6.45) is 4.27. The number of ether oxygens (including phenoxy) is 1. The number of halogens is 1. The lowest BCUT2D eigenvalue weighted by Crippen LogP contribution is -2.16. The minimum Gasteiger partial charge on any atom is -0.381 e. The molecule has 1 aliphatic rings. The maximum absolute atomic E-state index is 5.45. The van der Waals surface area contributed by atoms with Crippen LogP contribution in [-0.2, 0) is 4.74 Å². The van der Waals surface area contributed by atoms with Crippen molar-refractivity contribution in [1.82, 2.24) is 9.38 Å². The number of pyridine rings is 1. The quantitative estimate of drug-likeness (QED) is 0.850.